The number of aliphatic hydroxyl groups excluding tert-OH is 1. The first kappa shape index (κ1) is 21.8. The maximum absolute atomic E-state index is 11.9. The Bertz CT molecular complexity index is 1180. The molecule has 4 rings (SSSR count). The number of aromatic nitrogens is 1. The molecule has 1 aromatic heterocycles. The van der Waals surface area contributed by atoms with Crippen LogP contribution >= 0.6 is 11.3 Å². The first-order valence-corrected chi connectivity index (χ1v) is 11.3. The van der Waals surface area contributed by atoms with Crippen LogP contribution in [0.15, 0.2) is 59.7 Å². The van der Waals surface area contributed by atoms with Gasteiger partial charge >= 0.3 is 5.97 Å². The molecular formula is C25H25N3O3S. The van der Waals surface area contributed by atoms with E-state index in [1.54, 1.807) is 4.90 Å². The van der Waals surface area contributed by atoms with E-state index in [1.165, 1.54) is 16.9 Å². The highest BCUT2D eigenvalue weighted by atomic mass is 32.1. The number of esters is 1. The second-order valence-corrected chi connectivity index (χ2v) is 8.90. The lowest BCUT2D eigenvalue weighted by Crippen LogP contribution is -2.26. The fourth-order valence-corrected chi connectivity index (χ4v) is 4.43. The van der Waals surface area contributed by atoms with Gasteiger partial charge in [-0.1, -0.05) is 42.0 Å². The van der Waals surface area contributed by atoms with Crippen molar-refractivity contribution in [2.24, 2.45) is 0 Å². The molecule has 1 aliphatic heterocycles. The SMILES string of the molecule is Cc1ccc(-c2csc(C3=C(O)CN(c4ccc(CC(=O)OC(C)C)cc4)C3=N)n2)cc1. The molecule has 0 amide bonds. The highest BCUT2D eigenvalue weighted by Crippen LogP contribution is 2.34. The number of nitrogens with zero attached hydrogens (tertiary/aromatic N) is 2. The molecule has 3 aromatic rings. The molecule has 6 nitrogen and oxygen atoms in total. The molecule has 0 saturated heterocycles. The Balaban J connectivity index is 1.49. The van der Waals surface area contributed by atoms with Crippen LogP contribution in [0.25, 0.3) is 16.8 Å². The summed E-state index contributed by atoms with van der Waals surface area (Å²) in [7, 11) is 0. The minimum Gasteiger partial charge on any atom is -0.510 e. The minimum atomic E-state index is -0.267. The first-order chi connectivity index (χ1) is 15.3. The van der Waals surface area contributed by atoms with Crippen molar-refractivity contribution in [1.29, 1.82) is 5.41 Å². The van der Waals surface area contributed by atoms with Crippen molar-refractivity contribution >= 4 is 34.4 Å². The third-order valence-electron chi connectivity index (χ3n) is 5.13. The number of thiazole rings is 1. The number of hydrogen-bond acceptors (Lipinski definition) is 6. The number of amidine groups is 1. The molecule has 0 atom stereocenters. The van der Waals surface area contributed by atoms with Crippen molar-refractivity contribution in [1.82, 2.24) is 4.98 Å². The van der Waals surface area contributed by atoms with Crippen LogP contribution in [0, 0.1) is 12.3 Å². The van der Waals surface area contributed by atoms with Crippen molar-refractivity contribution in [3.63, 3.8) is 0 Å². The maximum Gasteiger partial charge on any atom is 0.310 e. The average molecular weight is 448 g/mol. The van der Waals surface area contributed by atoms with Gasteiger partial charge in [-0.15, -0.1) is 11.3 Å². The normalized spacial score (nSPS) is 13.9. The van der Waals surface area contributed by atoms with Gasteiger partial charge in [0.2, 0.25) is 0 Å². The summed E-state index contributed by atoms with van der Waals surface area (Å²) in [6.45, 7) is 5.90. The number of hydrogen-bond donors (Lipinski definition) is 2. The van der Waals surface area contributed by atoms with Crippen molar-refractivity contribution in [3.05, 3.63) is 75.8 Å². The lowest BCUT2D eigenvalue weighted by atomic mass is 10.1. The molecule has 2 aromatic carbocycles. The third-order valence-corrected chi connectivity index (χ3v) is 5.99. The van der Waals surface area contributed by atoms with Crippen LogP contribution in [-0.2, 0) is 16.0 Å². The summed E-state index contributed by atoms with van der Waals surface area (Å²) in [5, 5.41) is 21.8. The number of carbonyl (C=O) groups is 1. The molecule has 0 spiro atoms. The molecule has 0 bridgehead atoms. The summed E-state index contributed by atoms with van der Waals surface area (Å²) in [4.78, 5) is 18.3. The van der Waals surface area contributed by atoms with Gasteiger partial charge in [-0.05, 0) is 38.5 Å². The van der Waals surface area contributed by atoms with Crippen LogP contribution in [-0.4, -0.2) is 34.5 Å². The number of aryl methyl sites for hydroxylation is 1. The van der Waals surface area contributed by atoms with E-state index in [2.05, 4.69) is 4.98 Å². The van der Waals surface area contributed by atoms with Crippen LogP contribution in [0.1, 0.15) is 30.0 Å². The number of nitrogens with one attached hydrogen (secondary N) is 1. The van der Waals surface area contributed by atoms with Gasteiger partial charge in [-0.3, -0.25) is 10.2 Å². The van der Waals surface area contributed by atoms with E-state index in [1.807, 2.05) is 74.7 Å². The molecule has 2 heterocycles. The van der Waals surface area contributed by atoms with Gasteiger partial charge in [0.25, 0.3) is 0 Å². The topological polar surface area (TPSA) is 86.5 Å². The Labute approximate surface area is 191 Å². The van der Waals surface area contributed by atoms with Crippen molar-refractivity contribution < 1.29 is 14.6 Å². The Morgan fingerprint density at radius 1 is 1.19 bits per heavy atom. The Kier molecular flexibility index (Phi) is 6.10. The van der Waals surface area contributed by atoms with E-state index < -0.39 is 0 Å². The fourth-order valence-electron chi connectivity index (χ4n) is 3.54. The van der Waals surface area contributed by atoms with E-state index >= 15 is 0 Å². The summed E-state index contributed by atoms with van der Waals surface area (Å²) in [6, 6.07) is 15.5. The summed E-state index contributed by atoms with van der Waals surface area (Å²) in [5.74, 6) is 0.0695. The maximum atomic E-state index is 11.9. The molecule has 2 N–H and O–H groups in total. The van der Waals surface area contributed by atoms with Crippen molar-refractivity contribution in [2.75, 3.05) is 11.4 Å². The third kappa shape index (κ3) is 4.57. The molecule has 0 fully saturated rings. The summed E-state index contributed by atoms with van der Waals surface area (Å²) in [6.07, 6.45) is 0.0580. The smallest absolute Gasteiger partial charge is 0.310 e. The van der Waals surface area contributed by atoms with Gasteiger partial charge in [0.05, 0.1) is 30.3 Å². The molecule has 7 heteroatoms. The van der Waals surface area contributed by atoms with Crippen molar-refractivity contribution in [2.45, 2.75) is 33.3 Å². The molecule has 1 aliphatic rings. The molecule has 32 heavy (non-hydrogen) atoms. The quantitative estimate of drug-likeness (QED) is 0.496. The van der Waals surface area contributed by atoms with Crippen LogP contribution in [0.4, 0.5) is 5.69 Å². The molecule has 0 aliphatic carbocycles. The lowest BCUT2D eigenvalue weighted by Gasteiger charge is -2.19. The Hall–Kier alpha value is -3.45. The predicted molar refractivity (Wildman–Crippen MR) is 128 cm³/mol. The van der Waals surface area contributed by atoms with Gasteiger partial charge in [0, 0.05) is 16.6 Å². The Morgan fingerprint density at radius 3 is 2.53 bits per heavy atom. The van der Waals surface area contributed by atoms with E-state index in [0.717, 1.165) is 22.5 Å². The molecule has 0 saturated carbocycles. The standard InChI is InChI=1S/C25H25N3O3S/c1-15(2)31-22(30)12-17-6-10-19(11-7-17)28-13-21(29)23(24(28)26)25-27-20(14-32-25)18-8-4-16(3)5-9-18/h4-11,14-15,26,29H,12-13H2,1-3H3. The van der Waals surface area contributed by atoms with E-state index in [4.69, 9.17) is 10.1 Å². The van der Waals surface area contributed by atoms with Gasteiger partial charge in [0.15, 0.2) is 0 Å². The van der Waals surface area contributed by atoms with Gasteiger partial charge < -0.3 is 14.7 Å². The summed E-state index contributed by atoms with van der Waals surface area (Å²) >= 11 is 1.42. The zero-order valence-corrected chi connectivity index (χ0v) is 19.1. The summed E-state index contributed by atoms with van der Waals surface area (Å²) in [5.41, 5.74) is 5.08. The molecule has 164 valence electrons. The number of anilines is 1. The van der Waals surface area contributed by atoms with Crippen LogP contribution < -0.4 is 4.90 Å². The zero-order valence-electron chi connectivity index (χ0n) is 18.3. The van der Waals surface area contributed by atoms with Gasteiger partial charge in [-0.25, -0.2) is 4.98 Å². The molecule has 0 unspecified atom stereocenters. The second kappa shape index (κ2) is 8.96. The molecule has 0 radical (unpaired) electrons. The van der Waals surface area contributed by atoms with Crippen molar-refractivity contribution in [3.8, 4) is 11.3 Å². The van der Waals surface area contributed by atoms with Crippen LogP contribution in [0.5, 0.6) is 0 Å². The second-order valence-electron chi connectivity index (χ2n) is 8.04. The fraction of sp³-hybridized carbons (Fsp3) is 0.240. The number of ether oxygens (including phenoxy) is 1. The van der Waals surface area contributed by atoms with E-state index in [-0.39, 0.29) is 36.6 Å². The monoisotopic (exact) mass is 447 g/mol. The highest BCUT2D eigenvalue weighted by Gasteiger charge is 2.31. The number of aliphatic hydroxyl groups is 1. The zero-order chi connectivity index (χ0) is 22.8. The average Bonchev–Trinajstić information content (AvgIpc) is 3.33. The largest absolute Gasteiger partial charge is 0.510 e. The van der Waals surface area contributed by atoms with E-state index in [0.29, 0.717) is 10.6 Å². The predicted octanol–water partition coefficient (Wildman–Crippen LogP) is 5.38. The minimum absolute atomic E-state index is 0.129. The van der Waals surface area contributed by atoms with E-state index in [9.17, 15) is 9.90 Å². The van der Waals surface area contributed by atoms with Crippen LogP contribution in [0.2, 0.25) is 0 Å². The number of rotatable bonds is 6. The summed E-state index contributed by atoms with van der Waals surface area (Å²) < 4.78 is 5.19. The number of benzene rings is 2. The highest BCUT2D eigenvalue weighted by molar-refractivity contribution is 7.11. The van der Waals surface area contributed by atoms with Crippen LogP contribution in [0.3, 0.4) is 0 Å². The van der Waals surface area contributed by atoms with Gasteiger partial charge in [-0.2, -0.15) is 0 Å². The van der Waals surface area contributed by atoms with Gasteiger partial charge in [0.1, 0.15) is 16.6 Å². The first-order valence-electron chi connectivity index (χ1n) is 10.4. The number of carbonyl (C=O) groups excluding carboxylic acids is 1. The molecular weight excluding hydrogens is 422 g/mol. The Morgan fingerprint density at radius 2 is 1.88 bits per heavy atom. The lowest BCUT2D eigenvalue weighted by molar-refractivity contribution is -0.146.